The molecule has 0 aliphatic heterocycles. The topological polar surface area (TPSA) is 59.3 Å². The first-order valence-corrected chi connectivity index (χ1v) is 9.34. The maximum atomic E-state index is 12.6. The number of carbonyl (C=O) groups excluding carboxylic acids is 1. The van der Waals surface area contributed by atoms with Crippen LogP contribution in [0.4, 0.5) is 18.9 Å². The molecule has 1 N–H and O–H groups in total. The third kappa shape index (κ3) is 4.35. The number of hydrogen-bond acceptors (Lipinski definition) is 3. The van der Waals surface area contributed by atoms with E-state index < -0.39 is 17.6 Å². The number of rotatable bonds is 3. The van der Waals surface area contributed by atoms with Crippen molar-refractivity contribution in [2.24, 2.45) is 0 Å². The summed E-state index contributed by atoms with van der Waals surface area (Å²) in [5, 5.41) is 3.05. The third-order valence-corrected chi connectivity index (χ3v) is 4.78. The molecule has 1 heterocycles. The van der Waals surface area contributed by atoms with Crippen LogP contribution >= 0.6 is 0 Å². The van der Waals surface area contributed by atoms with E-state index in [4.69, 9.17) is 4.42 Å². The van der Waals surface area contributed by atoms with Crippen molar-refractivity contribution in [2.75, 3.05) is 5.32 Å². The van der Waals surface area contributed by atoms with Crippen LogP contribution < -0.4 is 10.7 Å². The molecule has 4 nitrogen and oxygen atoms in total. The molecule has 1 amide bonds. The standard InChI is InChI=1S/C24H16F3NO3/c1-14-2-11-21-19(12-14)20(29)13-22(31-21)15-3-5-16(6-4-15)23(30)28-18-9-7-17(8-10-18)24(25,26)27/h2-13H,1H3,(H,28,30). The lowest BCUT2D eigenvalue weighted by atomic mass is 10.1. The van der Waals surface area contributed by atoms with Gasteiger partial charge in [-0.3, -0.25) is 9.59 Å². The molecule has 0 fully saturated rings. The summed E-state index contributed by atoms with van der Waals surface area (Å²) in [5.41, 5.74) is 1.64. The lowest BCUT2D eigenvalue weighted by Crippen LogP contribution is -2.12. The van der Waals surface area contributed by atoms with Crippen LogP contribution in [0.15, 0.2) is 82.0 Å². The molecule has 156 valence electrons. The van der Waals surface area contributed by atoms with Crippen molar-refractivity contribution in [2.45, 2.75) is 13.1 Å². The van der Waals surface area contributed by atoms with Gasteiger partial charge >= 0.3 is 6.18 Å². The van der Waals surface area contributed by atoms with E-state index in [1.165, 1.54) is 18.2 Å². The largest absolute Gasteiger partial charge is 0.456 e. The number of nitrogens with one attached hydrogen (secondary N) is 1. The Morgan fingerprint density at radius 2 is 1.58 bits per heavy atom. The highest BCUT2D eigenvalue weighted by Gasteiger charge is 2.30. The zero-order valence-corrected chi connectivity index (χ0v) is 16.3. The fourth-order valence-corrected chi connectivity index (χ4v) is 3.14. The number of hydrogen-bond donors (Lipinski definition) is 1. The van der Waals surface area contributed by atoms with Crippen LogP contribution in [0.1, 0.15) is 21.5 Å². The predicted octanol–water partition coefficient (Wildman–Crippen LogP) is 6.04. The molecule has 4 aromatic rings. The minimum atomic E-state index is -4.44. The van der Waals surface area contributed by atoms with Gasteiger partial charge in [-0.1, -0.05) is 23.8 Å². The number of fused-ring (bicyclic) bond motifs is 1. The Morgan fingerprint density at radius 1 is 0.903 bits per heavy atom. The second-order valence-corrected chi connectivity index (χ2v) is 7.08. The molecule has 0 saturated carbocycles. The maximum absolute atomic E-state index is 12.6. The Kier molecular flexibility index (Phi) is 5.10. The molecule has 0 radical (unpaired) electrons. The molecule has 0 atom stereocenters. The van der Waals surface area contributed by atoms with Gasteiger partial charge in [0.05, 0.1) is 10.9 Å². The van der Waals surface area contributed by atoms with Crippen LogP contribution in [-0.4, -0.2) is 5.91 Å². The van der Waals surface area contributed by atoms with Gasteiger partial charge in [0.25, 0.3) is 5.91 Å². The number of carbonyl (C=O) groups is 1. The normalized spacial score (nSPS) is 11.5. The number of benzene rings is 3. The zero-order valence-electron chi connectivity index (χ0n) is 16.3. The van der Waals surface area contributed by atoms with Gasteiger partial charge in [-0.2, -0.15) is 13.2 Å². The first kappa shape index (κ1) is 20.4. The molecule has 0 saturated heterocycles. The van der Waals surface area contributed by atoms with Gasteiger partial charge in [-0.25, -0.2) is 0 Å². The van der Waals surface area contributed by atoms with Gasteiger partial charge < -0.3 is 9.73 Å². The fourth-order valence-electron chi connectivity index (χ4n) is 3.14. The average molecular weight is 423 g/mol. The van der Waals surface area contributed by atoms with E-state index in [0.29, 0.717) is 27.9 Å². The lowest BCUT2D eigenvalue weighted by Gasteiger charge is -2.09. The zero-order chi connectivity index (χ0) is 22.2. The van der Waals surface area contributed by atoms with E-state index in [1.807, 2.05) is 13.0 Å². The number of alkyl halides is 3. The van der Waals surface area contributed by atoms with Gasteiger partial charge in [-0.15, -0.1) is 0 Å². The van der Waals surface area contributed by atoms with Crippen LogP contribution in [0.2, 0.25) is 0 Å². The summed E-state index contributed by atoms with van der Waals surface area (Å²) in [6, 6.07) is 17.3. The molecule has 0 aliphatic rings. The third-order valence-electron chi connectivity index (χ3n) is 4.78. The summed E-state index contributed by atoms with van der Waals surface area (Å²) >= 11 is 0. The number of anilines is 1. The van der Waals surface area contributed by atoms with Crippen molar-refractivity contribution in [3.63, 3.8) is 0 Å². The van der Waals surface area contributed by atoms with Crippen molar-refractivity contribution in [1.29, 1.82) is 0 Å². The maximum Gasteiger partial charge on any atom is 0.416 e. The summed E-state index contributed by atoms with van der Waals surface area (Å²) in [4.78, 5) is 24.8. The molecule has 0 aliphatic carbocycles. The second-order valence-electron chi connectivity index (χ2n) is 7.08. The van der Waals surface area contributed by atoms with Gasteiger partial charge in [0.15, 0.2) is 5.43 Å². The van der Waals surface area contributed by atoms with E-state index >= 15 is 0 Å². The van der Waals surface area contributed by atoms with Crippen molar-refractivity contribution in [1.82, 2.24) is 0 Å². The van der Waals surface area contributed by atoms with E-state index in [-0.39, 0.29) is 11.1 Å². The van der Waals surface area contributed by atoms with E-state index in [2.05, 4.69) is 5.32 Å². The number of aryl methyl sites for hydroxylation is 1. The Balaban J connectivity index is 1.54. The van der Waals surface area contributed by atoms with E-state index in [9.17, 15) is 22.8 Å². The highest BCUT2D eigenvalue weighted by atomic mass is 19.4. The summed E-state index contributed by atoms with van der Waals surface area (Å²) in [7, 11) is 0. The lowest BCUT2D eigenvalue weighted by molar-refractivity contribution is -0.137. The van der Waals surface area contributed by atoms with Crippen LogP contribution in [-0.2, 0) is 6.18 Å². The molecule has 1 aromatic heterocycles. The van der Waals surface area contributed by atoms with Crippen LogP contribution in [0.3, 0.4) is 0 Å². The SMILES string of the molecule is Cc1ccc2oc(-c3ccc(C(=O)Nc4ccc(C(F)(F)F)cc4)cc3)cc(=O)c2c1. The van der Waals surface area contributed by atoms with Gasteiger partial charge in [0.2, 0.25) is 0 Å². The quantitative estimate of drug-likeness (QED) is 0.437. The first-order valence-electron chi connectivity index (χ1n) is 9.34. The molecule has 31 heavy (non-hydrogen) atoms. The molecule has 3 aromatic carbocycles. The second kappa shape index (κ2) is 7.75. The molecule has 0 spiro atoms. The molecule has 0 unspecified atom stereocenters. The minimum absolute atomic E-state index is 0.163. The summed E-state index contributed by atoms with van der Waals surface area (Å²) in [6.45, 7) is 1.89. The Labute approximate surface area is 174 Å². The van der Waals surface area contributed by atoms with Gasteiger partial charge in [0, 0.05) is 22.9 Å². The van der Waals surface area contributed by atoms with Gasteiger partial charge in [-0.05, 0) is 55.5 Å². The summed E-state index contributed by atoms with van der Waals surface area (Å²) in [6.07, 6.45) is -4.44. The monoisotopic (exact) mass is 423 g/mol. The minimum Gasteiger partial charge on any atom is -0.456 e. The summed E-state index contributed by atoms with van der Waals surface area (Å²) in [5.74, 6) is -0.0993. The summed E-state index contributed by atoms with van der Waals surface area (Å²) < 4.78 is 43.7. The first-order chi connectivity index (χ1) is 14.7. The Hall–Kier alpha value is -3.87. The molecular formula is C24H16F3NO3. The smallest absolute Gasteiger partial charge is 0.416 e. The molecule has 0 bridgehead atoms. The van der Waals surface area contributed by atoms with Crippen molar-refractivity contribution < 1.29 is 22.4 Å². The van der Waals surface area contributed by atoms with Crippen LogP contribution in [0.25, 0.3) is 22.3 Å². The van der Waals surface area contributed by atoms with Crippen LogP contribution in [0.5, 0.6) is 0 Å². The van der Waals surface area contributed by atoms with E-state index in [0.717, 1.165) is 17.7 Å². The average Bonchev–Trinajstić information content (AvgIpc) is 2.74. The number of halogens is 3. The number of amides is 1. The molecule has 7 heteroatoms. The molecular weight excluding hydrogens is 407 g/mol. The van der Waals surface area contributed by atoms with Crippen molar-refractivity contribution in [3.8, 4) is 11.3 Å². The van der Waals surface area contributed by atoms with Crippen molar-refractivity contribution in [3.05, 3.63) is 99.7 Å². The van der Waals surface area contributed by atoms with Crippen LogP contribution in [0, 0.1) is 6.92 Å². The van der Waals surface area contributed by atoms with Crippen molar-refractivity contribution >= 4 is 22.6 Å². The molecule has 4 rings (SSSR count). The Bertz CT molecular complexity index is 1320. The highest BCUT2D eigenvalue weighted by molar-refractivity contribution is 6.04. The van der Waals surface area contributed by atoms with E-state index in [1.54, 1.807) is 36.4 Å². The van der Waals surface area contributed by atoms with Gasteiger partial charge in [0.1, 0.15) is 11.3 Å². The highest BCUT2D eigenvalue weighted by Crippen LogP contribution is 2.30. The Morgan fingerprint density at radius 3 is 2.23 bits per heavy atom. The fraction of sp³-hybridized carbons (Fsp3) is 0.0833. The predicted molar refractivity (Wildman–Crippen MR) is 112 cm³/mol.